The number of ether oxygens (including phenoxy) is 1. The number of carbonyl (C=O) groups excluding carboxylic acids is 1. The van der Waals surface area contributed by atoms with Gasteiger partial charge in [-0.2, -0.15) is 0 Å². The van der Waals surface area contributed by atoms with Crippen molar-refractivity contribution in [2.75, 3.05) is 43.1 Å². The van der Waals surface area contributed by atoms with Crippen LogP contribution in [0.2, 0.25) is 0 Å². The van der Waals surface area contributed by atoms with Crippen molar-refractivity contribution in [3.8, 4) is 0 Å². The molecule has 2 aliphatic heterocycles. The Morgan fingerprint density at radius 2 is 2.07 bits per heavy atom. The van der Waals surface area contributed by atoms with Crippen LogP contribution in [0.15, 0.2) is 30.7 Å². The summed E-state index contributed by atoms with van der Waals surface area (Å²) in [6.45, 7) is 3.41. The van der Waals surface area contributed by atoms with Gasteiger partial charge >= 0.3 is 5.97 Å². The molecule has 142 valence electrons. The molecule has 7 nitrogen and oxygen atoms in total. The van der Waals surface area contributed by atoms with Crippen LogP contribution < -0.4 is 15.1 Å². The van der Waals surface area contributed by atoms with Gasteiger partial charge in [0.1, 0.15) is 17.8 Å². The number of esters is 1. The molecule has 3 heterocycles. The van der Waals surface area contributed by atoms with Gasteiger partial charge in [0.05, 0.1) is 24.6 Å². The zero-order chi connectivity index (χ0) is 18.8. The number of fused-ring (bicyclic) bond motifs is 1. The lowest BCUT2D eigenvalue weighted by atomic mass is 10.0. The summed E-state index contributed by atoms with van der Waals surface area (Å²) in [7, 11) is 1.29. The summed E-state index contributed by atoms with van der Waals surface area (Å²) in [4.78, 5) is 25.2. The second-order valence-electron chi connectivity index (χ2n) is 6.71. The first-order valence-electron chi connectivity index (χ1n) is 9.12. The van der Waals surface area contributed by atoms with Crippen molar-refractivity contribution in [3.05, 3.63) is 42.1 Å². The molecule has 0 bridgehead atoms. The van der Waals surface area contributed by atoms with Gasteiger partial charge in [0.25, 0.3) is 0 Å². The maximum absolute atomic E-state index is 13.7. The molecule has 8 heteroatoms. The lowest BCUT2D eigenvalue weighted by Crippen LogP contribution is -2.49. The zero-order valence-corrected chi connectivity index (χ0v) is 15.2. The number of benzene rings is 1. The maximum atomic E-state index is 13.7. The third kappa shape index (κ3) is 3.32. The fourth-order valence-corrected chi connectivity index (χ4v) is 3.90. The molecule has 1 aromatic carbocycles. The molecule has 4 rings (SSSR count). The zero-order valence-electron chi connectivity index (χ0n) is 15.2. The van der Waals surface area contributed by atoms with Gasteiger partial charge in [-0.25, -0.2) is 19.2 Å². The Labute approximate surface area is 157 Å². The largest absolute Gasteiger partial charge is 0.465 e. The van der Waals surface area contributed by atoms with Gasteiger partial charge < -0.3 is 19.9 Å². The molecule has 0 spiro atoms. The first-order valence-corrected chi connectivity index (χ1v) is 9.12. The summed E-state index contributed by atoms with van der Waals surface area (Å²) < 4.78 is 18.6. The molecule has 1 fully saturated rings. The highest BCUT2D eigenvalue weighted by atomic mass is 19.1. The number of nitrogens with zero attached hydrogens (tertiary/aromatic N) is 4. The smallest absolute Gasteiger partial charge is 0.340 e. The van der Waals surface area contributed by atoms with Crippen molar-refractivity contribution >= 4 is 23.2 Å². The first kappa shape index (κ1) is 17.7. The van der Waals surface area contributed by atoms with Crippen LogP contribution in [-0.2, 0) is 4.74 Å². The van der Waals surface area contributed by atoms with Crippen LogP contribution in [0, 0.1) is 5.82 Å². The van der Waals surface area contributed by atoms with E-state index in [1.165, 1.54) is 19.2 Å². The molecule has 0 atom stereocenters. The third-order valence-electron chi connectivity index (χ3n) is 5.20. The number of piperidine rings is 1. The Morgan fingerprint density at radius 1 is 1.26 bits per heavy atom. The van der Waals surface area contributed by atoms with Crippen molar-refractivity contribution in [1.82, 2.24) is 15.3 Å². The van der Waals surface area contributed by atoms with Crippen LogP contribution in [0.1, 0.15) is 23.2 Å². The average molecular weight is 371 g/mol. The summed E-state index contributed by atoms with van der Waals surface area (Å²) in [5.41, 5.74) is 1.62. The highest BCUT2D eigenvalue weighted by molar-refractivity contribution is 5.97. The van der Waals surface area contributed by atoms with Gasteiger partial charge in [0.2, 0.25) is 0 Å². The molecule has 0 unspecified atom stereocenters. The van der Waals surface area contributed by atoms with Gasteiger partial charge in [-0.1, -0.05) is 0 Å². The van der Waals surface area contributed by atoms with Crippen LogP contribution in [-0.4, -0.2) is 55.3 Å². The van der Waals surface area contributed by atoms with E-state index >= 15 is 0 Å². The van der Waals surface area contributed by atoms with E-state index in [0.717, 1.165) is 44.0 Å². The quantitative estimate of drug-likeness (QED) is 0.829. The SMILES string of the molecule is COC(=O)c1cc(F)ccc1N1CCN(C2CCNCC2)c2ncncc21. The van der Waals surface area contributed by atoms with E-state index in [2.05, 4.69) is 20.2 Å². The summed E-state index contributed by atoms with van der Waals surface area (Å²) >= 11 is 0. The molecular weight excluding hydrogens is 349 g/mol. The van der Waals surface area contributed by atoms with E-state index in [1.54, 1.807) is 18.6 Å². The van der Waals surface area contributed by atoms with Crippen LogP contribution in [0.5, 0.6) is 0 Å². The molecule has 0 amide bonds. The normalized spacial score (nSPS) is 17.6. The number of hydrogen-bond donors (Lipinski definition) is 1. The predicted octanol–water partition coefficient (Wildman–Crippen LogP) is 2.11. The average Bonchev–Trinajstić information content (AvgIpc) is 2.73. The molecule has 2 aliphatic rings. The van der Waals surface area contributed by atoms with Crippen molar-refractivity contribution in [2.45, 2.75) is 18.9 Å². The molecule has 0 saturated carbocycles. The minimum absolute atomic E-state index is 0.197. The number of methoxy groups -OCH3 is 1. The molecule has 1 aromatic heterocycles. The van der Waals surface area contributed by atoms with E-state index in [0.29, 0.717) is 18.3 Å². The van der Waals surface area contributed by atoms with Crippen molar-refractivity contribution in [1.29, 1.82) is 0 Å². The maximum Gasteiger partial charge on any atom is 0.340 e. The van der Waals surface area contributed by atoms with Crippen LogP contribution in [0.4, 0.5) is 21.6 Å². The molecule has 1 N–H and O–H groups in total. The Bertz CT molecular complexity index is 841. The van der Waals surface area contributed by atoms with Gasteiger partial charge in [0.15, 0.2) is 5.82 Å². The molecular formula is C19H22FN5O2. The molecule has 1 saturated heterocycles. The van der Waals surface area contributed by atoms with Crippen LogP contribution in [0.3, 0.4) is 0 Å². The van der Waals surface area contributed by atoms with E-state index in [9.17, 15) is 9.18 Å². The Hall–Kier alpha value is -2.74. The molecule has 27 heavy (non-hydrogen) atoms. The van der Waals surface area contributed by atoms with E-state index in [-0.39, 0.29) is 5.56 Å². The topological polar surface area (TPSA) is 70.6 Å². The number of carbonyl (C=O) groups is 1. The van der Waals surface area contributed by atoms with E-state index < -0.39 is 11.8 Å². The summed E-state index contributed by atoms with van der Waals surface area (Å²) in [6.07, 6.45) is 5.42. The molecule has 0 radical (unpaired) electrons. The Balaban J connectivity index is 1.74. The van der Waals surface area contributed by atoms with Crippen molar-refractivity contribution < 1.29 is 13.9 Å². The summed E-state index contributed by atoms with van der Waals surface area (Å²) in [5.74, 6) is -0.191. The van der Waals surface area contributed by atoms with Crippen LogP contribution in [0.25, 0.3) is 0 Å². The molecule has 0 aliphatic carbocycles. The summed E-state index contributed by atoms with van der Waals surface area (Å²) in [6, 6.07) is 4.60. The second-order valence-corrected chi connectivity index (χ2v) is 6.71. The minimum atomic E-state index is -0.566. The van der Waals surface area contributed by atoms with Gasteiger partial charge in [-0.15, -0.1) is 0 Å². The van der Waals surface area contributed by atoms with Crippen molar-refractivity contribution in [2.24, 2.45) is 0 Å². The standard InChI is InChI=1S/C19H22FN5O2/c1-27-19(26)15-10-13(20)2-3-16(15)25-9-8-24(14-4-6-21-7-5-14)18-17(25)11-22-12-23-18/h2-3,10-12,14,21H,4-9H2,1H3. The van der Waals surface area contributed by atoms with E-state index in [1.807, 2.05) is 4.90 Å². The van der Waals surface area contributed by atoms with Gasteiger partial charge in [-0.3, -0.25) is 0 Å². The minimum Gasteiger partial charge on any atom is -0.465 e. The molecule has 2 aromatic rings. The second kappa shape index (κ2) is 7.48. The first-order chi connectivity index (χ1) is 13.2. The number of nitrogens with one attached hydrogen (secondary N) is 1. The lowest BCUT2D eigenvalue weighted by Gasteiger charge is -2.43. The third-order valence-corrected chi connectivity index (χ3v) is 5.20. The Morgan fingerprint density at radius 3 is 2.85 bits per heavy atom. The number of halogens is 1. The van der Waals surface area contributed by atoms with Gasteiger partial charge in [-0.05, 0) is 44.1 Å². The fourth-order valence-electron chi connectivity index (χ4n) is 3.90. The monoisotopic (exact) mass is 371 g/mol. The Kier molecular flexibility index (Phi) is 4.89. The fraction of sp³-hybridized carbons (Fsp3) is 0.421. The number of anilines is 3. The van der Waals surface area contributed by atoms with E-state index in [4.69, 9.17) is 4.74 Å². The lowest BCUT2D eigenvalue weighted by molar-refractivity contribution is 0.0601. The van der Waals surface area contributed by atoms with Crippen molar-refractivity contribution in [3.63, 3.8) is 0 Å². The summed E-state index contributed by atoms with van der Waals surface area (Å²) in [5, 5.41) is 3.39. The number of hydrogen-bond acceptors (Lipinski definition) is 7. The highest BCUT2D eigenvalue weighted by Crippen LogP contribution is 2.39. The van der Waals surface area contributed by atoms with Crippen LogP contribution >= 0.6 is 0 Å². The predicted molar refractivity (Wildman–Crippen MR) is 100 cm³/mol. The van der Waals surface area contributed by atoms with Gasteiger partial charge in [0, 0.05) is 19.1 Å². The number of aromatic nitrogens is 2. The number of rotatable bonds is 3. The highest BCUT2D eigenvalue weighted by Gasteiger charge is 2.32.